The van der Waals surface area contributed by atoms with Crippen LogP contribution in [0.3, 0.4) is 0 Å². The Morgan fingerprint density at radius 1 is 0.290 bits per heavy atom. The Labute approximate surface area is 428 Å². The molecule has 0 aromatic carbocycles. The maximum Gasteiger partial charge on any atom is 0.306 e. The van der Waals surface area contributed by atoms with Gasteiger partial charge in [-0.1, -0.05) is 261 Å². The molecule has 0 bridgehead atoms. The summed E-state index contributed by atoms with van der Waals surface area (Å²) < 4.78 is 16.8. The first-order valence-corrected chi connectivity index (χ1v) is 29.8. The second-order valence-electron chi connectivity index (χ2n) is 19.9. The van der Waals surface area contributed by atoms with Crippen molar-refractivity contribution in [2.75, 3.05) is 13.2 Å². The van der Waals surface area contributed by atoms with Gasteiger partial charge in [-0.25, -0.2) is 0 Å². The summed E-state index contributed by atoms with van der Waals surface area (Å²) in [6.07, 6.45) is 72.2. The topological polar surface area (TPSA) is 78.9 Å². The number of ether oxygens (including phenoxy) is 3. The molecule has 0 saturated carbocycles. The molecular formula is C63H112O6. The Kier molecular flexibility index (Phi) is 55.3. The second-order valence-corrected chi connectivity index (χ2v) is 19.9. The van der Waals surface area contributed by atoms with Crippen LogP contribution in [-0.4, -0.2) is 37.2 Å². The third kappa shape index (κ3) is 55.9. The van der Waals surface area contributed by atoms with Crippen molar-refractivity contribution in [3.63, 3.8) is 0 Å². The molecule has 0 aliphatic heterocycles. The van der Waals surface area contributed by atoms with Gasteiger partial charge < -0.3 is 14.2 Å². The zero-order valence-electron chi connectivity index (χ0n) is 45.8. The lowest BCUT2D eigenvalue weighted by Crippen LogP contribution is -2.30. The van der Waals surface area contributed by atoms with E-state index in [1.54, 1.807) is 0 Å². The lowest BCUT2D eigenvalue weighted by atomic mass is 10.0. The molecule has 0 heterocycles. The van der Waals surface area contributed by atoms with Crippen LogP contribution in [0.25, 0.3) is 0 Å². The highest BCUT2D eigenvalue weighted by atomic mass is 16.6. The van der Waals surface area contributed by atoms with E-state index in [0.29, 0.717) is 19.3 Å². The minimum absolute atomic E-state index is 0.0935. The second kappa shape index (κ2) is 57.7. The van der Waals surface area contributed by atoms with Crippen LogP contribution in [-0.2, 0) is 28.6 Å². The maximum absolute atomic E-state index is 12.8. The average molecular weight is 966 g/mol. The van der Waals surface area contributed by atoms with Crippen LogP contribution in [0.15, 0.2) is 60.8 Å². The number of carbonyl (C=O) groups is 3. The van der Waals surface area contributed by atoms with E-state index < -0.39 is 6.10 Å². The number of esters is 3. The summed E-state index contributed by atoms with van der Waals surface area (Å²) in [6.45, 7) is 6.60. The fraction of sp³-hybridized carbons (Fsp3) is 0.794. The first kappa shape index (κ1) is 66.1. The van der Waals surface area contributed by atoms with Crippen LogP contribution in [0.2, 0.25) is 0 Å². The Morgan fingerprint density at radius 2 is 0.536 bits per heavy atom. The molecular weight excluding hydrogens is 853 g/mol. The summed E-state index contributed by atoms with van der Waals surface area (Å²) in [5, 5.41) is 0. The predicted molar refractivity (Wildman–Crippen MR) is 298 cm³/mol. The Balaban J connectivity index is 4.42. The van der Waals surface area contributed by atoms with Gasteiger partial charge in [-0.3, -0.25) is 14.4 Å². The van der Waals surface area contributed by atoms with Gasteiger partial charge in [-0.05, 0) is 83.5 Å². The highest BCUT2D eigenvalue weighted by molar-refractivity contribution is 5.71. The minimum atomic E-state index is -0.802. The quantitative estimate of drug-likeness (QED) is 0.0262. The number of hydrogen-bond donors (Lipinski definition) is 0. The monoisotopic (exact) mass is 965 g/mol. The highest BCUT2D eigenvalue weighted by Crippen LogP contribution is 2.16. The average Bonchev–Trinajstić information content (AvgIpc) is 3.35. The lowest BCUT2D eigenvalue weighted by molar-refractivity contribution is -0.167. The molecule has 0 unspecified atom stereocenters. The zero-order chi connectivity index (χ0) is 50.0. The maximum atomic E-state index is 12.8. The van der Waals surface area contributed by atoms with Crippen molar-refractivity contribution in [2.45, 2.75) is 309 Å². The van der Waals surface area contributed by atoms with Gasteiger partial charge in [0.2, 0.25) is 0 Å². The van der Waals surface area contributed by atoms with Gasteiger partial charge >= 0.3 is 17.9 Å². The Morgan fingerprint density at radius 3 is 0.899 bits per heavy atom. The van der Waals surface area contributed by atoms with Crippen LogP contribution in [0, 0.1) is 0 Å². The highest BCUT2D eigenvalue weighted by Gasteiger charge is 2.19. The molecule has 0 aromatic heterocycles. The van der Waals surface area contributed by atoms with Crippen LogP contribution >= 0.6 is 0 Å². The molecule has 0 N–H and O–H groups in total. The largest absolute Gasteiger partial charge is 0.462 e. The predicted octanol–water partition coefficient (Wildman–Crippen LogP) is 20.0. The van der Waals surface area contributed by atoms with E-state index >= 15 is 0 Å². The van der Waals surface area contributed by atoms with E-state index in [0.717, 1.165) is 64.2 Å². The van der Waals surface area contributed by atoms with Crippen molar-refractivity contribution in [2.24, 2.45) is 0 Å². The van der Waals surface area contributed by atoms with Crippen molar-refractivity contribution < 1.29 is 28.6 Å². The number of unbranched alkanes of at least 4 members (excludes halogenated alkanes) is 33. The molecule has 6 nitrogen and oxygen atoms in total. The Bertz CT molecular complexity index is 1250. The van der Waals surface area contributed by atoms with Crippen LogP contribution < -0.4 is 0 Å². The van der Waals surface area contributed by atoms with Gasteiger partial charge in [0, 0.05) is 19.3 Å². The third-order valence-electron chi connectivity index (χ3n) is 13.0. The summed E-state index contributed by atoms with van der Waals surface area (Å²) >= 11 is 0. The van der Waals surface area contributed by atoms with Crippen molar-refractivity contribution in [3.8, 4) is 0 Å². The molecule has 0 spiro atoms. The number of allylic oxidation sites excluding steroid dienone is 10. The molecule has 0 aliphatic rings. The molecule has 6 heteroatoms. The normalized spacial score (nSPS) is 12.4. The van der Waals surface area contributed by atoms with Crippen molar-refractivity contribution in [1.29, 1.82) is 0 Å². The van der Waals surface area contributed by atoms with Gasteiger partial charge in [-0.15, -0.1) is 0 Å². The van der Waals surface area contributed by atoms with Gasteiger partial charge in [0.05, 0.1) is 0 Å². The molecule has 1 atom stereocenters. The summed E-state index contributed by atoms with van der Waals surface area (Å²) in [5.41, 5.74) is 0. The van der Waals surface area contributed by atoms with Gasteiger partial charge in [0.25, 0.3) is 0 Å². The van der Waals surface area contributed by atoms with Gasteiger partial charge in [0.15, 0.2) is 6.10 Å². The third-order valence-corrected chi connectivity index (χ3v) is 13.0. The fourth-order valence-electron chi connectivity index (χ4n) is 8.49. The summed E-state index contributed by atoms with van der Waals surface area (Å²) in [4.78, 5) is 38.2. The summed E-state index contributed by atoms with van der Waals surface area (Å²) in [6, 6.07) is 0. The molecule has 0 saturated heterocycles. The minimum Gasteiger partial charge on any atom is -0.462 e. The fourth-order valence-corrected chi connectivity index (χ4v) is 8.49. The smallest absolute Gasteiger partial charge is 0.306 e. The molecule has 0 aromatic rings. The molecule has 0 fully saturated rings. The van der Waals surface area contributed by atoms with Crippen LogP contribution in [0.4, 0.5) is 0 Å². The molecule has 0 rings (SSSR count). The lowest BCUT2D eigenvalue weighted by Gasteiger charge is -2.18. The molecule has 0 radical (unpaired) electrons. The van der Waals surface area contributed by atoms with E-state index in [2.05, 4.69) is 81.5 Å². The van der Waals surface area contributed by atoms with E-state index in [-0.39, 0.29) is 37.5 Å². The van der Waals surface area contributed by atoms with Crippen LogP contribution in [0.5, 0.6) is 0 Å². The van der Waals surface area contributed by atoms with Crippen molar-refractivity contribution in [1.82, 2.24) is 0 Å². The Hall–Kier alpha value is -2.89. The zero-order valence-corrected chi connectivity index (χ0v) is 45.8. The summed E-state index contributed by atoms with van der Waals surface area (Å²) in [5.74, 6) is -0.938. The molecule has 400 valence electrons. The summed E-state index contributed by atoms with van der Waals surface area (Å²) in [7, 11) is 0. The number of rotatable bonds is 54. The molecule has 69 heavy (non-hydrogen) atoms. The van der Waals surface area contributed by atoms with Crippen molar-refractivity contribution in [3.05, 3.63) is 60.8 Å². The van der Waals surface area contributed by atoms with E-state index in [1.165, 1.54) is 193 Å². The number of hydrogen-bond acceptors (Lipinski definition) is 6. The standard InChI is InChI=1S/C63H112O6/c1-4-7-10-13-16-19-22-25-28-30-31-33-35-38-41-44-47-50-53-56-62(65)68-59-60(58-67-61(64)55-52-49-46-43-40-37-34-27-24-21-18-15-12-9-6-3)69-63(66)57-54-51-48-45-42-39-36-32-29-26-23-20-17-14-11-8-5-2/h17,20,25-26,28-29,36,39,45,48,60H,4-16,18-19,21-24,27,30-35,37-38,40-44,46-47,49-59H2,1-3H3/b20-17-,28-25-,29-26-,39-36-,48-45-/t60-/m1/s1. The first-order chi connectivity index (χ1) is 34.0. The first-order valence-electron chi connectivity index (χ1n) is 29.8. The van der Waals surface area contributed by atoms with Crippen LogP contribution in [0.1, 0.15) is 303 Å². The van der Waals surface area contributed by atoms with Crippen molar-refractivity contribution >= 4 is 17.9 Å². The van der Waals surface area contributed by atoms with E-state index in [1.807, 2.05) is 0 Å². The molecule has 0 amide bonds. The van der Waals surface area contributed by atoms with E-state index in [9.17, 15) is 14.4 Å². The number of carbonyl (C=O) groups excluding carboxylic acids is 3. The van der Waals surface area contributed by atoms with Gasteiger partial charge in [0.1, 0.15) is 13.2 Å². The van der Waals surface area contributed by atoms with Gasteiger partial charge in [-0.2, -0.15) is 0 Å². The molecule has 0 aliphatic carbocycles. The SMILES string of the molecule is CCCCC/C=C\C/C=C\C/C=C\C/C=C\CCCC(=O)O[C@@H](COC(=O)CCCCCCCCCCC/C=C\CCCCCCCC)COC(=O)CCCCCCCCCCCCCCCCC. The van der Waals surface area contributed by atoms with E-state index in [4.69, 9.17) is 14.2 Å².